The first-order valence-electron chi connectivity index (χ1n) is 8.04. The lowest BCUT2D eigenvalue weighted by atomic mass is 9.76. The summed E-state index contributed by atoms with van der Waals surface area (Å²) in [6, 6.07) is 17.0. The summed E-state index contributed by atoms with van der Waals surface area (Å²) < 4.78 is 11.5. The highest BCUT2D eigenvalue weighted by molar-refractivity contribution is 6.61. The van der Waals surface area contributed by atoms with E-state index in [0.29, 0.717) is 17.8 Å². The van der Waals surface area contributed by atoms with E-state index < -0.39 is 18.3 Å². The largest absolute Gasteiger partial charge is 0.495 e. The predicted octanol–water partition coefficient (Wildman–Crippen LogP) is 2.52. The normalized spacial score (nSPS) is 12.1. The highest BCUT2D eigenvalue weighted by Crippen LogP contribution is 2.26. The summed E-state index contributed by atoms with van der Waals surface area (Å²) in [5, 5.41) is 20.7. The molecule has 0 amide bonds. The van der Waals surface area contributed by atoms with Crippen LogP contribution in [0.2, 0.25) is 0 Å². The lowest BCUT2D eigenvalue weighted by molar-refractivity contribution is -0.0983. The molecule has 0 aliphatic heterocycles. The van der Waals surface area contributed by atoms with Crippen molar-refractivity contribution in [2.45, 2.75) is 45.5 Å². The number of hydrogen-bond acceptors (Lipinski definition) is 4. The maximum atomic E-state index is 10.5. The van der Waals surface area contributed by atoms with E-state index in [9.17, 15) is 10.1 Å². The number of para-hydroxylation sites is 1. The van der Waals surface area contributed by atoms with E-state index in [0.717, 1.165) is 5.56 Å². The minimum atomic E-state index is -1.20. The molecule has 0 atom stereocenters. The molecule has 0 bridgehead atoms. The Labute approximate surface area is 144 Å². The number of aliphatic hydroxyl groups is 1. The van der Waals surface area contributed by atoms with Gasteiger partial charge in [0.15, 0.2) is 0 Å². The molecule has 2 rings (SSSR count). The summed E-state index contributed by atoms with van der Waals surface area (Å²) in [5.41, 5.74) is -0.461. The minimum absolute atomic E-state index is 0.402. The van der Waals surface area contributed by atoms with Crippen LogP contribution in [0.15, 0.2) is 54.6 Å². The van der Waals surface area contributed by atoms with Crippen LogP contribution in [-0.4, -0.2) is 28.5 Å². The van der Waals surface area contributed by atoms with Gasteiger partial charge in [0, 0.05) is 5.46 Å². The molecule has 4 nitrogen and oxygen atoms in total. The molecule has 0 unspecified atom stereocenters. The monoisotopic (exact) mass is 328 g/mol. The van der Waals surface area contributed by atoms with Gasteiger partial charge in [-0.2, -0.15) is 0 Å². The Morgan fingerprint density at radius 3 is 2.12 bits per heavy atom. The molecule has 24 heavy (non-hydrogen) atoms. The molecule has 0 radical (unpaired) electrons. The molecule has 0 aliphatic rings. The van der Waals surface area contributed by atoms with Gasteiger partial charge in [-0.05, 0) is 39.3 Å². The molecule has 0 spiro atoms. The van der Waals surface area contributed by atoms with E-state index in [1.54, 1.807) is 39.8 Å². The van der Waals surface area contributed by atoms with Crippen molar-refractivity contribution in [3.63, 3.8) is 0 Å². The Hall–Kier alpha value is -1.82. The quantitative estimate of drug-likeness (QED) is 0.767. The topological polar surface area (TPSA) is 58.9 Å². The van der Waals surface area contributed by atoms with Crippen molar-refractivity contribution in [2.24, 2.45) is 0 Å². The standard InChI is InChI=1S/C19H25BO4/c1-18(2,21)19(3,4)24-20(22)16-12-8-9-13-17(16)23-14-15-10-6-5-7-11-15/h5-13,21-22H,14H2,1-4H3. The van der Waals surface area contributed by atoms with Crippen LogP contribution >= 0.6 is 0 Å². The fourth-order valence-corrected chi connectivity index (χ4v) is 2.04. The Kier molecular flexibility index (Phi) is 5.70. The van der Waals surface area contributed by atoms with Crippen LogP contribution in [0.25, 0.3) is 0 Å². The van der Waals surface area contributed by atoms with Gasteiger partial charge in [0.1, 0.15) is 12.4 Å². The van der Waals surface area contributed by atoms with E-state index in [2.05, 4.69) is 0 Å². The molecule has 0 saturated carbocycles. The molecule has 2 aromatic carbocycles. The van der Waals surface area contributed by atoms with Crippen molar-refractivity contribution >= 4 is 12.6 Å². The van der Waals surface area contributed by atoms with Crippen molar-refractivity contribution in [3.8, 4) is 5.75 Å². The first-order valence-corrected chi connectivity index (χ1v) is 8.04. The van der Waals surface area contributed by atoms with E-state index in [1.165, 1.54) is 0 Å². The average Bonchev–Trinajstić information content (AvgIpc) is 2.52. The predicted molar refractivity (Wildman–Crippen MR) is 96.3 cm³/mol. The highest BCUT2D eigenvalue weighted by Gasteiger charge is 2.40. The SMILES string of the molecule is CC(C)(O)C(C)(C)OB(O)c1ccccc1OCc1ccccc1. The smallest absolute Gasteiger partial charge is 0.489 e. The third-order valence-corrected chi connectivity index (χ3v) is 4.30. The molecule has 2 aromatic rings. The van der Waals surface area contributed by atoms with E-state index in [1.807, 2.05) is 42.5 Å². The first-order chi connectivity index (χ1) is 11.2. The molecule has 2 N–H and O–H groups in total. The van der Waals surface area contributed by atoms with Gasteiger partial charge in [-0.15, -0.1) is 0 Å². The van der Waals surface area contributed by atoms with E-state index in [-0.39, 0.29) is 0 Å². The van der Waals surface area contributed by atoms with Crippen LogP contribution in [0, 0.1) is 0 Å². The van der Waals surface area contributed by atoms with E-state index >= 15 is 0 Å². The fraction of sp³-hybridized carbons (Fsp3) is 0.368. The van der Waals surface area contributed by atoms with Gasteiger partial charge in [0.05, 0.1) is 11.2 Å². The molecular weight excluding hydrogens is 303 g/mol. The molecule has 0 saturated heterocycles. The van der Waals surface area contributed by atoms with Gasteiger partial charge in [-0.1, -0.05) is 48.5 Å². The second-order valence-corrected chi connectivity index (χ2v) is 6.85. The zero-order chi connectivity index (χ0) is 17.8. The molecule has 128 valence electrons. The molecule has 0 aliphatic carbocycles. The van der Waals surface area contributed by atoms with Gasteiger partial charge in [0.25, 0.3) is 0 Å². The number of hydrogen-bond donors (Lipinski definition) is 2. The maximum absolute atomic E-state index is 10.5. The second-order valence-electron chi connectivity index (χ2n) is 6.85. The summed E-state index contributed by atoms with van der Waals surface area (Å²) in [4.78, 5) is 0. The molecule has 0 heterocycles. The highest BCUT2D eigenvalue weighted by atomic mass is 16.6. The fourth-order valence-electron chi connectivity index (χ4n) is 2.04. The van der Waals surface area contributed by atoms with Gasteiger partial charge < -0.3 is 19.5 Å². The summed E-state index contributed by atoms with van der Waals surface area (Å²) >= 11 is 0. The van der Waals surface area contributed by atoms with Crippen molar-refractivity contribution in [3.05, 3.63) is 60.2 Å². The zero-order valence-electron chi connectivity index (χ0n) is 14.7. The van der Waals surface area contributed by atoms with Crippen LogP contribution in [-0.2, 0) is 11.3 Å². The number of rotatable bonds is 7. The second kappa shape index (κ2) is 7.39. The summed E-state index contributed by atoms with van der Waals surface area (Å²) in [7, 11) is -1.20. The molecule has 5 heteroatoms. The van der Waals surface area contributed by atoms with Crippen molar-refractivity contribution in [1.82, 2.24) is 0 Å². The summed E-state index contributed by atoms with van der Waals surface area (Å²) in [6.07, 6.45) is 0. The lowest BCUT2D eigenvalue weighted by Crippen LogP contribution is -2.53. The molecule has 0 aromatic heterocycles. The Morgan fingerprint density at radius 2 is 1.50 bits per heavy atom. The maximum Gasteiger partial charge on any atom is 0.495 e. The van der Waals surface area contributed by atoms with Crippen molar-refractivity contribution in [2.75, 3.05) is 0 Å². The van der Waals surface area contributed by atoms with E-state index in [4.69, 9.17) is 9.39 Å². The van der Waals surface area contributed by atoms with Gasteiger partial charge in [-0.3, -0.25) is 0 Å². The zero-order valence-corrected chi connectivity index (χ0v) is 14.7. The van der Waals surface area contributed by atoms with Crippen molar-refractivity contribution in [1.29, 1.82) is 0 Å². The van der Waals surface area contributed by atoms with Crippen LogP contribution in [0.3, 0.4) is 0 Å². The average molecular weight is 328 g/mol. The van der Waals surface area contributed by atoms with Crippen LogP contribution in [0.4, 0.5) is 0 Å². The first kappa shape index (κ1) is 18.5. The summed E-state index contributed by atoms with van der Waals surface area (Å²) in [6.45, 7) is 7.18. The van der Waals surface area contributed by atoms with Crippen molar-refractivity contribution < 1.29 is 19.5 Å². The molecule has 0 fully saturated rings. The number of benzene rings is 2. The third kappa shape index (κ3) is 4.60. The Morgan fingerprint density at radius 1 is 0.917 bits per heavy atom. The lowest BCUT2D eigenvalue weighted by Gasteiger charge is -2.38. The van der Waals surface area contributed by atoms with Crippen LogP contribution in [0.5, 0.6) is 5.75 Å². The van der Waals surface area contributed by atoms with Gasteiger partial charge in [-0.25, -0.2) is 0 Å². The van der Waals surface area contributed by atoms with Crippen LogP contribution in [0.1, 0.15) is 33.3 Å². The van der Waals surface area contributed by atoms with Gasteiger partial charge >= 0.3 is 7.12 Å². The number of ether oxygens (including phenoxy) is 1. The summed E-state index contributed by atoms with van der Waals surface area (Å²) in [5.74, 6) is 0.556. The van der Waals surface area contributed by atoms with Crippen LogP contribution < -0.4 is 10.2 Å². The Bertz CT molecular complexity index is 650. The Balaban J connectivity index is 2.13. The molecular formula is C19H25BO4. The van der Waals surface area contributed by atoms with Gasteiger partial charge in [0.2, 0.25) is 0 Å². The minimum Gasteiger partial charge on any atom is -0.489 e. The third-order valence-electron chi connectivity index (χ3n) is 4.30.